The van der Waals surface area contributed by atoms with Crippen LogP contribution in [0.2, 0.25) is 0 Å². The number of carbonyl (C=O) groups is 2. The normalized spacial score (nSPS) is 11.1. The van der Waals surface area contributed by atoms with E-state index in [-0.39, 0.29) is 42.1 Å². The molecular formula is C14H19NaO7S. The van der Waals surface area contributed by atoms with E-state index in [0.717, 1.165) is 12.1 Å². The van der Waals surface area contributed by atoms with Gasteiger partial charge in [-0.2, -0.15) is 8.42 Å². The Hall–Kier alpha value is -0.930. The molecule has 23 heavy (non-hydrogen) atoms. The summed E-state index contributed by atoms with van der Waals surface area (Å²) in [7, 11) is -4.71. The van der Waals surface area contributed by atoms with Gasteiger partial charge in [-0.15, -0.1) is 0 Å². The molecule has 0 saturated carbocycles. The Morgan fingerprint density at radius 1 is 1.04 bits per heavy atom. The minimum absolute atomic E-state index is 0. The van der Waals surface area contributed by atoms with Gasteiger partial charge < -0.3 is 10.9 Å². The van der Waals surface area contributed by atoms with Crippen molar-refractivity contribution < 1.29 is 63.0 Å². The van der Waals surface area contributed by atoms with E-state index in [4.69, 9.17) is 9.47 Å². The molecule has 0 atom stereocenters. The van der Waals surface area contributed by atoms with E-state index >= 15 is 0 Å². The van der Waals surface area contributed by atoms with E-state index < -0.39 is 39.2 Å². The topological polar surface area (TPSA) is 107 Å². The summed E-state index contributed by atoms with van der Waals surface area (Å²) < 4.78 is 42.0. The van der Waals surface area contributed by atoms with Gasteiger partial charge in [0.15, 0.2) is 0 Å². The summed E-state index contributed by atoms with van der Waals surface area (Å²) in [6, 6.07) is 3.22. The summed E-state index contributed by atoms with van der Waals surface area (Å²) in [6.45, 7) is 6.46. The molecule has 7 nitrogen and oxygen atoms in total. The van der Waals surface area contributed by atoms with E-state index in [1.807, 2.05) is 0 Å². The van der Waals surface area contributed by atoms with Crippen LogP contribution in [0.15, 0.2) is 23.1 Å². The quantitative estimate of drug-likeness (QED) is 0.418. The molecule has 0 aliphatic carbocycles. The zero-order chi connectivity index (χ0) is 17.1. The molecule has 0 aromatic heterocycles. The fourth-order valence-electron chi connectivity index (χ4n) is 1.59. The molecule has 0 fully saturated rings. The molecule has 1 aromatic rings. The standard InChI is InChI=1S/C14H18O7S.Na.H/c1-8(2)20-13(15)10-5-6-11(14(16)21-9(3)4)12(7-10)22(17,18)19;;/h5-9H,1-4H3,(H,17,18,19);;/q;+1;-1. The molecular weight excluding hydrogens is 335 g/mol. The Kier molecular flexibility index (Phi) is 8.44. The van der Waals surface area contributed by atoms with Crippen LogP contribution in [0.1, 0.15) is 49.8 Å². The Morgan fingerprint density at radius 2 is 1.52 bits per heavy atom. The number of benzene rings is 1. The van der Waals surface area contributed by atoms with Crippen LogP contribution in [0.5, 0.6) is 0 Å². The first-order valence-electron chi connectivity index (χ1n) is 6.56. The summed E-state index contributed by atoms with van der Waals surface area (Å²) in [5, 5.41) is 0. The Balaban J connectivity index is 0. The summed E-state index contributed by atoms with van der Waals surface area (Å²) in [5.41, 5.74) is -0.445. The molecule has 0 unspecified atom stereocenters. The first kappa shape index (κ1) is 22.1. The minimum atomic E-state index is -4.71. The maximum atomic E-state index is 11.9. The van der Waals surface area contributed by atoms with E-state index in [1.165, 1.54) is 6.07 Å². The van der Waals surface area contributed by atoms with Gasteiger partial charge in [-0.1, -0.05) is 0 Å². The number of esters is 2. The Labute approximate surface area is 158 Å². The number of hydrogen-bond acceptors (Lipinski definition) is 6. The monoisotopic (exact) mass is 354 g/mol. The molecule has 124 valence electrons. The van der Waals surface area contributed by atoms with Crippen molar-refractivity contribution in [3.63, 3.8) is 0 Å². The Morgan fingerprint density at radius 3 is 1.96 bits per heavy atom. The van der Waals surface area contributed by atoms with Crippen molar-refractivity contribution in [2.24, 2.45) is 0 Å². The van der Waals surface area contributed by atoms with E-state index in [0.29, 0.717) is 0 Å². The average Bonchev–Trinajstić information content (AvgIpc) is 2.35. The van der Waals surface area contributed by atoms with Crippen molar-refractivity contribution in [2.75, 3.05) is 0 Å². The van der Waals surface area contributed by atoms with Crippen LogP contribution in [0, 0.1) is 0 Å². The van der Waals surface area contributed by atoms with Crippen LogP contribution in [-0.4, -0.2) is 37.1 Å². The van der Waals surface area contributed by atoms with E-state index in [9.17, 15) is 22.6 Å². The van der Waals surface area contributed by atoms with E-state index in [1.54, 1.807) is 27.7 Å². The van der Waals surface area contributed by atoms with Crippen LogP contribution < -0.4 is 29.6 Å². The maximum absolute atomic E-state index is 11.9. The second kappa shape index (κ2) is 8.79. The third kappa shape index (κ3) is 6.60. The van der Waals surface area contributed by atoms with Crippen molar-refractivity contribution in [3.05, 3.63) is 29.3 Å². The third-order valence-corrected chi connectivity index (χ3v) is 3.29. The maximum Gasteiger partial charge on any atom is 1.00 e. The summed E-state index contributed by atoms with van der Waals surface area (Å²) in [6.07, 6.45) is -0.861. The molecule has 1 aromatic carbocycles. The van der Waals surface area contributed by atoms with Gasteiger partial charge in [0, 0.05) is 0 Å². The van der Waals surface area contributed by atoms with Gasteiger partial charge in [0.1, 0.15) is 4.90 Å². The van der Waals surface area contributed by atoms with Crippen molar-refractivity contribution in [1.29, 1.82) is 0 Å². The summed E-state index contributed by atoms with van der Waals surface area (Å²) >= 11 is 0. The zero-order valence-corrected chi connectivity index (χ0v) is 16.5. The predicted molar refractivity (Wildman–Crippen MR) is 78.5 cm³/mol. The number of rotatable bonds is 5. The van der Waals surface area contributed by atoms with Crippen LogP contribution in [-0.2, 0) is 19.6 Å². The summed E-state index contributed by atoms with van der Waals surface area (Å²) in [5.74, 6) is -1.67. The van der Waals surface area contributed by atoms with E-state index in [2.05, 4.69) is 0 Å². The molecule has 9 heteroatoms. The largest absolute Gasteiger partial charge is 1.00 e. The molecule has 0 spiro atoms. The average molecular weight is 354 g/mol. The molecule has 0 aliphatic heterocycles. The smallest absolute Gasteiger partial charge is 1.00 e. The van der Waals surface area contributed by atoms with Crippen molar-refractivity contribution in [1.82, 2.24) is 0 Å². The second-order valence-corrected chi connectivity index (χ2v) is 6.48. The first-order chi connectivity index (χ1) is 10.0. The minimum Gasteiger partial charge on any atom is -1.00 e. The number of carbonyl (C=O) groups excluding carboxylic acids is 2. The molecule has 0 heterocycles. The van der Waals surface area contributed by atoms with Crippen LogP contribution in [0.25, 0.3) is 0 Å². The molecule has 0 bridgehead atoms. The molecule has 1 N–H and O–H groups in total. The van der Waals surface area contributed by atoms with Gasteiger partial charge in [0.25, 0.3) is 10.1 Å². The van der Waals surface area contributed by atoms with Crippen molar-refractivity contribution in [3.8, 4) is 0 Å². The Bertz CT molecular complexity index is 686. The van der Waals surface area contributed by atoms with Gasteiger partial charge >= 0.3 is 41.5 Å². The fourth-order valence-corrected chi connectivity index (χ4v) is 2.30. The molecule has 0 amide bonds. The molecule has 1 rings (SSSR count). The van der Waals surface area contributed by atoms with Gasteiger partial charge in [-0.25, -0.2) is 9.59 Å². The van der Waals surface area contributed by atoms with Gasteiger partial charge in [0.05, 0.1) is 23.3 Å². The van der Waals surface area contributed by atoms with Gasteiger partial charge in [-0.05, 0) is 45.9 Å². The van der Waals surface area contributed by atoms with Crippen LogP contribution in [0.3, 0.4) is 0 Å². The SMILES string of the molecule is CC(C)OC(=O)c1ccc(C(=O)OC(C)C)c(S(=O)(=O)O)c1.[H-].[Na+]. The summed E-state index contributed by atoms with van der Waals surface area (Å²) in [4.78, 5) is 22.9. The molecule has 0 radical (unpaired) electrons. The van der Waals surface area contributed by atoms with Crippen LogP contribution in [0.4, 0.5) is 0 Å². The third-order valence-electron chi connectivity index (χ3n) is 2.40. The fraction of sp³-hybridized carbons (Fsp3) is 0.429. The predicted octanol–water partition coefficient (Wildman–Crippen LogP) is -0.820. The number of ether oxygens (including phenoxy) is 2. The molecule has 0 aliphatic rings. The first-order valence-corrected chi connectivity index (χ1v) is 8.00. The second-order valence-electron chi connectivity index (χ2n) is 5.09. The molecule has 0 saturated heterocycles. The van der Waals surface area contributed by atoms with Crippen LogP contribution >= 0.6 is 0 Å². The van der Waals surface area contributed by atoms with Gasteiger partial charge in [0.2, 0.25) is 0 Å². The zero-order valence-electron chi connectivity index (χ0n) is 14.7. The van der Waals surface area contributed by atoms with Crippen molar-refractivity contribution >= 4 is 22.1 Å². The number of hydrogen-bond donors (Lipinski definition) is 1. The van der Waals surface area contributed by atoms with Gasteiger partial charge in [-0.3, -0.25) is 4.55 Å². The van der Waals surface area contributed by atoms with Crippen molar-refractivity contribution in [2.45, 2.75) is 44.8 Å².